The quantitative estimate of drug-likeness (QED) is 0.0807. The number of halogens is 2. The first kappa shape index (κ1) is 37.6. The fourth-order valence-electron chi connectivity index (χ4n) is 8.44. The van der Waals surface area contributed by atoms with Gasteiger partial charge in [0.2, 0.25) is 0 Å². The summed E-state index contributed by atoms with van der Waals surface area (Å²) >= 11 is 13.6. The second-order valence-electron chi connectivity index (χ2n) is 15.1. The summed E-state index contributed by atoms with van der Waals surface area (Å²) in [5.41, 5.74) is 11.2. The van der Waals surface area contributed by atoms with Crippen molar-refractivity contribution in [3.63, 3.8) is 0 Å². The third-order valence-corrected chi connectivity index (χ3v) is 12.1. The molecule has 6 N–H and O–H groups in total. The van der Waals surface area contributed by atoms with E-state index in [1.807, 2.05) is 84.9 Å². The molecule has 0 bridgehead atoms. The van der Waals surface area contributed by atoms with Gasteiger partial charge in [-0.3, -0.25) is 35.0 Å². The van der Waals surface area contributed by atoms with Crippen molar-refractivity contribution in [1.82, 2.24) is 41.2 Å². The number of hydrogen-bond acceptors (Lipinski definition) is 7. The number of amides is 2. The first-order chi connectivity index (χ1) is 29.3. The maximum atomic E-state index is 14.9. The molecule has 13 heteroatoms. The highest BCUT2D eigenvalue weighted by atomic mass is 35.5. The Morgan fingerprint density at radius 3 is 1.50 bits per heavy atom. The number of rotatable bonds is 10. The average Bonchev–Trinajstić information content (AvgIpc) is 4.10. The lowest BCUT2D eigenvalue weighted by Crippen LogP contribution is -2.32. The van der Waals surface area contributed by atoms with Crippen LogP contribution in [0.1, 0.15) is 66.2 Å². The summed E-state index contributed by atoms with van der Waals surface area (Å²) in [4.78, 5) is 56.4. The van der Waals surface area contributed by atoms with Crippen LogP contribution in [0.25, 0.3) is 44.3 Å². The van der Waals surface area contributed by atoms with Crippen molar-refractivity contribution in [2.75, 3.05) is 0 Å². The zero-order valence-corrected chi connectivity index (χ0v) is 33.4. The Morgan fingerprint density at radius 2 is 1.07 bits per heavy atom. The predicted molar refractivity (Wildman–Crippen MR) is 232 cm³/mol. The Morgan fingerprint density at radius 1 is 0.600 bits per heavy atom. The van der Waals surface area contributed by atoms with Gasteiger partial charge in [0.25, 0.3) is 11.8 Å². The summed E-state index contributed by atoms with van der Waals surface area (Å²) < 4.78 is 0. The number of aromatic amines is 2. The van der Waals surface area contributed by atoms with E-state index >= 15 is 0 Å². The van der Waals surface area contributed by atoms with Gasteiger partial charge >= 0.3 is 0 Å². The minimum Gasteiger partial charge on any atom is -0.355 e. The summed E-state index contributed by atoms with van der Waals surface area (Å²) in [5.74, 6) is -0.439. The molecule has 2 aliphatic rings. The molecule has 2 aliphatic heterocycles. The van der Waals surface area contributed by atoms with Gasteiger partial charge in [0.1, 0.15) is 0 Å². The van der Waals surface area contributed by atoms with Gasteiger partial charge in [-0.25, -0.2) is 0 Å². The van der Waals surface area contributed by atoms with Gasteiger partial charge in [0, 0.05) is 116 Å². The molecule has 10 rings (SSSR count). The highest BCUT2D eigenvalue weighted by Crippen LogP contribution is 2.45. The highest BCUT2D eigenvalue weighted by molar-refractivity contribution is 6.32. The Labute approximate surface area is 354 Å². The molecular weight excluding hydrogens is 795 g/mol. The predicted octanol–water partition coefficient (Wildman–Crippen LogP) is 8.50. The van der Waals surface area contributed by atoms with Crippen LogP contribution in [0.2, 0.25) is 10.0 Å². The molecule has 0 saturated carbocycles. The van der Waals surface area contributed by atoms with Crippen LogP contribution in [0, 0.1) is 0 Å². The zero-order chi connectivity index (χ0) is 40.9. The minimum absolute atomic E-state index is 0.0631. The first-order valence-corrected chi connectivity index (χ1v) is 20.3. The number of H-pyrrole nitrogens is 2. The second kappa shape index (κ2) is 15.5. The molecule has 4 aromatic heterocycles. The maximum absolute atomic E-state index is 14.9. The SMILES string of the molecule is O=C(NCc1cccnc1)c1ccc2[nH]c(-c3ccc(Cl)c4c3C(C(=O)C3NCc5c(Cl)ccc(-c6cc7cc(C(=O)NCc8cccnc8)ccc7[nH]6)c53)NC4)cc2c1. The van der Waals surface area contributed by atoms with Gasteiger partial charge in [-0.15, -0.1) is 0 Å². The number of carbonyl (C=O) groups is 3. The van der Waals surface area contributed by atoms with Gasteiger partial charge in [-0.2, -0.15) is 0 Å². The maximum Gasteiger partial charge on any atom is 0.251 e. The van der Waals surface area contributed by atoms with E-state index in [-0.39, 0.29) is 17.6 Å². The number of ketones is 1. The van der Waals surface area contributed by atoms with Crippen molar-refractivity contribution >= 4 is 62.6 Å². The summed E-state index contributed by atoms with van der Waals surface area (Å²) in [7, 11) is 0. The Kier molecular flexibility index (Phi) is 9.73. The number of Topliss-reactive ketones (excluding diaryl/α,β-unsaturated/α-hetero) is 1. The minimum atomic E-state index is -0.681. The molecule has 11 nitrogen and oxygen atoms in total. The number of benzene rings is 4. The molecule has 296 valence electrons. The van der Waals surface area contributed by atoms with E-state index in [9.17, 15) is 14.4 Å². The molecule has 6 heterocycles. The number of carbonyl (C=O) groups excluding carboxylic acids is 3. The topological polar surface area (TPSA) is 157 Å². The summed E-state index contributed by atoms with van der Waals surface area (Å²) in [6, 6.07) is 28.8. The van der Waals surface area contributed by atoms with Gasteiger partial charge in [0.15, 0.2) is 5.78 Å². The van der Waals surface area contributed by atoms with Gasteiger partial charge in [-0.05, 0) is 106 Å². The number of aromatic nitrogens is 4. The molecular formula is C47H36Cl2N8O3. The van der Waals surface area contributed by atoms with Crippen LogP contribution in [0.3, 0.4) is 0 Å². The van der Waals surface area contributed by atoms with Crippen molar-refractivity contribution in [3.05, 3.63) is 176 Å². The zero-order valence-electron chi connectivity index (χ0n) is 31.9. The second-order valence-corrected chi connectivity index (χ2v) is 15.9. The van der Waals surface area contributed by atoms with E-state index in [0.29, 0.717) is 47.4 Å². The van der Waals surface area contributed by atoms with Gasteiger partial charge in [0.05, 0.1) is 12.1 Å². The number of hydrogen-bond donors (Lipinski definition) is 6. The van der Waals surface area contributed by atoms with Crippen LogP contribution < -0.4 is 21.3 Å². The van der Waals surface area contributed by atoms with Crippen molar-refractivity contribution in [3.8, 4) is 22.5 Å². The van der Waals surface area contributed by atoms with Crippen molar-refractivity contribution in [1.29, 1.82) is 0 Å². The number of pyridine rings is 2. The van der Waals surface area contributed by atoms with Crippen LogP contribution in [-0.2, 0) is 31.0 Å². The number of fused-ring (bicyclic) bond motifs is 4. The summed E-state index contributed by atoms with van der Waals surface area (Å²) in [6.45, 7) is 1.57. The molecule has 2 amide bonds. The van der Waals surface area contributed by atoms with E-state index in [1.165, 1.54) is 0 Å². The van der Waals surface area contributed by atoms with Crippen LogP contribution >= 0.6 is 23.2 Å². The molecule has 0 aliphatic carbocycles. The molecule has 0 spiro atoms. The van der Waals surface area contributed by atoms with Crippen LogP contribution in [0.4, 0.5) is 0 Å². The van der Waals surface area contributed by atoms with E-state index in [1.54, 1.807) is 36.9 Å². The van der Waals surface area contributed by atoms with E-state index < -0.39 is 12.1 Å². The van der Waals surface area contributed by atoms with Crippen molar-refractivity contribution in [2.24, 2.45) is 0 Å². The lowest BCUT2D eigenvalue weighted by molar-refractivity contribution is -0.123. The Bertz CT molecular complexity index is 2800. The largest absolute Gasteiger partial charge is 0.355 e. The highest BCUT2D eigenvalue weighted by Gasteiger charge is 2.41. The third kappa shape index (κ3) is 6.91. The average molecular weight is 832 g/mol. The van der Waals surface area contributed by atoms with E-state index in [4.69, 9.17) is 23.2 Å². The number of nitrogens with zero attached hydrogens (tertiary/aromatic N) is 2. The molecule has 0 radical (unpaired) electrons. The van der Waals surface area contributed by atoms with Crippen LogP contribution in [0.15, 0.2) is 122 Å². The summed E-state index contributed by atoms with van der Waals surface area (Å²) in [6.07, 6.45) is 6.85. The van der Waals surface area contributed by atoms with E-state index in [0.717, 1.165) is 77.7 Å². The van der Waals surface area contributed by atoms with Crippen LogP contribution in [-0.4, -0.2) is 37.5 Å². The normalized spacial score (nSPS) is 15.6. The number of nitrogens with one attached hydrogen (secondary N) is 6. The lowest BCUT2D eigenvalue weighted by Gasteiger charge is -2.21. The fourth-order valence-corrected chi connectivity index (χ4v) is 8.90. The standard InChI is InChI=1S/C47H36Cl2N8O3/c48-35-9-7-31(39-17-29-15-27(5-11-37(29)56-39)46(59)54-21-25-3-1-13-50-19-25)41-33(35)23-52-43(41)45(58)44-42-32(8-10-36(49)34(42)24-53-44)40-18-30-16-28(6-12-38(30)57-40)47(60)55-22-26-4-2-14-51-20-26/h1-20,43-44,52-53,56-57H,21-24H2,(H,54,59)(H,55,60). The fraction of sp³-hybridized carbons (Fsp3) is 0.128. The third-order valence-electron chi connectivity index (χ3n) is 11.4. The van der Waals surface area contributed by atoms with Gasteiger partial charge in [-0.1, -0.05) is 47.5 Å². The Hall–Kier alpha value is -6.63. The van der Waals surface area contributed by atoms with Crippen LogP contribution in [0.5, 0.6) is 0 Å². The van der Waals surface area contributed by atoms with Crippen molar-refractivity contribution in [2.45, 2.75) is 38.3 Å². The molecule has 0 fully saturated rings. The molecule has 4 aromatic carbocycles. The molecule has 8 aromatic rings. The molecule has 0 saturated heterocycles. The van der Waals surface area contributed by atoms with Gasteiger partial charge < -0.3 is 20.6 Å². The lowest BCUT2D eigenvalue weighted by atomic mass is 9.87. The Balaban J connectivity index is 0.938. The summed E-state index contributed by atoms with van der Waals surface area (Å²) in [5, 5.41) is 15.7. The van der Waals surface area contributed by atoms with Crippen molar-refractivity contribution < 1.29 is 14.4 Å². The first-order valence-electron chi connectivity index (χ1n) is 19.5. The smallest absolute Gasteiger partial charge is 0.251 e. The molecule has 2 atom stereocenters. The van der Waals surface area contributed by atoms with E-state index in [2.05, 4.69) is 41.2 Å². The molecule has 60 heavy (non-hydrogen) atoms. The molecule has 2 unspecified atom stereocenters. The monoisotopic (exact) mass is 830 g/mol.